The molecular formula is C14H21ClN2OS. The first-order valence-electron chi connectivity index (χ1n) is 6.69. The fourth-order valence-corrected chi connectivity index (χ4v) is 4.09. The van der Waals surface area contributed by atoms with E-state index in [4.69, 9.17) is 10.5 Å². The fourth-order valence-electron chi connectivity index (χ4n) is 2.95. The van der Waals surface area contributed by atoms with E-state index in [0.717, 1.165) is 30.7 Å². The number of ether oxygens (including phenoxy) is 1. The molecule has 19 heavy (non-hydrogen) atoms. The highest BCUT2D eigenvalue weighted by Crippen LogP contribution is 2.48. The average Bonchev–Trinajstić information content (AvgIpc) is 2.38. The third-order valence-electron chi connectivity index (χ3n) is 4.12. The summed E-state index contributed by atoms with van der Waals surface area (Å²) in [6.45, 7) is 2.20. The van der Waals surface area contributed by atoms with Gasteiger partial charge in [-0.3, -0.25) is 0 Å². The van der Waals surface area contributed by atoms with Crippen LogP contribution in [0.15, 0.2) is 24.3 Å². The van der Waals surface area contributed by atoms with E-state index in [1.54, 1.807) is 11.9 Å². The first kappa shape index (κ1) is 14.8. The Morgan fingerprint density at radius 1 is 1.47 bits per heavy atom. The molecule has 1 aromatic carbocycles. The van der Waals surface area contributed by atoms with E-state index in [2.05, 4.69) is 11.6 Å². The molecule has 1 fully saturated rings. The van der Waals surface area contributed by atoms with Gasteiger partial charge in [0.05, 0.1) is 5.69 Å². The van der Waals surface area contributed by atoms with Gasteiger partial charge in [-0.25, -0.2) is 0 Å². The molecule has 1 aromatic rings. The lowest BCUT2D eigenvalue weighted by atomic mass is 9.65. The van der Waals surface area contributed by atoms with Crippen LogP contribution in [0.3, 0.4) is 0 Å². The van der Waals surface area contributed by atoms with E-state index in [-0.39, 0.29) is 23.4 Å². The lowest BCUT2D eigenvalue weighted by molar-refractivity contribution is 0.0470. The topological polar surface area (TPSA) is 47.3 Å². The molecule has 1 aliphatic heterocycles. The fraction of sp³-hybridized carbons (Fsp3) is 0.571. The van der Waals surface area contributed by atoms with E-state index in [1.165, 1.54) is 6.42 Å². The largest absolute Gasteiger partial charge is 0.475 e. The Balaban J connectivity index is 0.00000133. The van der Waals surface area contributed by atoms with Crippen molar-refractivity contribution in [1.82, 2.24) is 0 Å². The van der Waals surface area contributed by atoms with Gasteiger partial charge < -0.3 is 15.2 Å². The molecule has 0 aromatic heterocycles. The normalized spacial score (nSPS) is 32.1. The summed E-state index contributed by atoms with van der Waals surface area (Å²) in [6.07, 6.45) is 4.56. The molecule has 3 nitrogen and oxygen atoms in total. The Labute approximate surface area is 125 Å². The predicted molar refractivity (Wildman–Crippen MR) is 83.9 cm³/mol. The standard InChI is InChI=1S/C14H20N2OS.ClH/c1-2-8-14(15)9-7-10(14)13-17-12-6-4-3-5-11(12)16-18-13;/h3-6,10,13,16H,2,7-9,15H2,1H3;1H. The lowest BCUT2D eigenvalue weighted by Gasteiger charge is -2.50. The van der Waals surface area contributed by atoms with Crippen LogP contribution in [0.25, 0.3) is 0 Å². The highest BCUT2D eigenvalue weighted by atomic mass is 35.5. The number of para-hydroxylation sites is 2. The Kier molecular flexibility index (Phi) is 4.54. The SMILES string of the molecule is CCCC1(N)CCC1C1Oc2ccccc2NS1.Cl. The van der Waals surface area contributed by atoms with Crippen molar-refractivity contribution < 1.29 is 4.74 Å². The number of nitrogens with two attached hydrogens (primary N) is 1. The van der Waals surface area contributed by atoms with Crippen molar-refractivity contribution in [2.45, 2.75) is 43.6 Å². The molecule has 0 saturated heterocycles. The second-order valence-corrected chi connectivity index (χ2v) is 6.24. The van der Waals surface area contributed by atoms with Crippen LogP contribution in [0.5, 0.6) is 5.75 Å². The zero-order valence-corrected chi connectivity index (χ0v) is 12.7. The van der Waals surface area contributed by atoms with Crippen molar-refractivity contribution in [3.8, 4) is 5.75 Å². The van der Waals surface area contributed by atoms with Gasteiger partial charge in [0.15, 0.2) is 5.44 Å². The van der Waals surface area contributed by atoms with Crippen LogP contribution in [0.1, 0.15) is 32.6 Å². The second kappa shape index (κ2) is 5.81. The van der Waals surface area contributed by atoms with Crippen LogP contribution >= 0.6 is 24.4 Å². The van der Waals surface area contributed by atoms with Crippen molar-refractivity contribution >= 4 is 30.0 Å². The molecule has 0 bridgehead atoms. The van der Waals surface area contributed by atoms with Crippen molar-refractivity contribution in [2.75, 3.05) is 4.72 Å². The van der Waals surface area contributed by atoms with Crippen LogP contribution in [0.2, 0.25) is 0 Å². The summed E-state index contributed by atoms with van der Waals surface area (Å²) in [5.41, 5.74) is 7.68. The van der Waals surface area contributed by atoms with Gasteiger partial charge in [0.1, 0.15) is 5.75 Å². The van der Waals surface area contributed by atoms with Crippen molar-refractivity contribution in [2.24, 2.45) is 11.7 Å². The lowest BCUT2D eigenvalue weighted by Crippen LogP contribution is -2.59. The number of fused-ring (bicyclic) bond motifs is 1. The maximum absolute atomic E-state index is 6.49. The summed E-state index contributed by atoms with van der Waals surface area (Å²) in [6, 6.07) is 8.09. The summed E-state index contributed by atoms with van der Waals surface area (Å²) in [4.78, 5) is 0. The minimum absolute atomic E-state index is 0. The molecule has 2 aliphatic rings. The Hall–Kier alpha value is -0.580. The molecule has 5 heteroatoms. The minimum atomic E-state index is -0.0135. The minimum Gasteiger partial charge on any atom is -0.475 e. The molecular weight excluding hydrogens is 280 g/mol. The molecule has 1 aliphatic carbocycles. The van der Waals surface area contributed by atoms with Crippen molar-refractivity contribution in [3.63, 3.8) is 0 Å². The highest BCUT2D eigenvalue weighted by Gasteiger charge is 2.49. The average molecular weight is 301 g/mol. The Bertz CT molecular complexity index is 445. The summed E-state index contributed by atoms with van der Waals surface area (Å²) < 4.78 is 9.48. The summed E-state index contributed by atoms with van der Waals surface area (Å²) in [5.74, 6) is 1.41. The molecule has 1 heterocycles. The van der Waals surface area contributed by atoms with Crippen LogP contribution in [0, 0.1) is 5.92 Å². The molecule has 1 saturated carbocycles. The molecule has 106 valence electrons. The molecule has 0 amide bonds. The number of anilines is 1. The number of nitrogens with one attached hydrogen (secondary N) is 1. The van der Waals surface area contributed by atoms with Gasteiger partial charge in [0.2, 0.25) is 0 Å². The predicted octanol–water partition coefficient (Wildman–Crippen LogP) is 3.79. The Morgan fingerprint density at radius 3 is 2.95 bits per heavy atom. The van der Waals surface area contributed by atoms with Crippen molar-refractivity contribution in [1.29, 1.82) is 0 Å². The summed E-state index contributed by atoms with van der Waals surface area (Å²) >= 11 is 1.67. The molecule has 3 rings (SSSR count). The third-order valence-corrected chi connectivity index (χ3v) is 5.11. The van der Waals surface area contributed by atoms with Gasteiger partial charge in [-0.15, -0.1) is 12.4 Å². The molecule has 0 spiro atoms. The van der Waals surface area contributed by atoms with Gasteiger partial charge in [-0.1, -0.05) is 25.5 Å². The number of hydrogen-bond acceptors (Lipinski definition) is 4. The number of halogens is 1. The van der Waals surface area contributed by atoms with Crippen LogP contribution < -0.4 is 15.2 Å². The van der Waals surface area contributed by atoms with Crippen molar-refractivity contribution in [3.05, 3.63) is 24.3 Å². The monoisotopic (exact) mass is 300 g/mol. The van der Waals surface area contributed by atoms with E-state index in [9.17, 15) is 0 Å². The van der Waals surface area contributed by atoms with Gasteiger partial charge in [-0.2, -0.15) is 0 Å². The van der Waals surface area contributed by atoms with E-state index >= 15 is 0 Å². The van der Waals surface area contributed by atoms with Gasteiger partial charge in [-0.05, 0) is 43.3 Å². The Morgan fingerprint density at radius 2 is 2.26 bits per heavy atom. The summed E-state index contributed by atoms with van der Waals surface area (Å²) in [5, 5.41) is 0. The highest BCUT2D eigenvalue weighted by molar-refractivity contribution is 8.01. The molecule has 3 atom stereocenters. The van der Waals surface area contributed by atoms with Crippen LogP contribution in [-0.2, 0) is 0 Å². The van der Waals surface area contributed by atoms with Crippen LogP contribution in [-0.4, -0.2) is 11.0 Å². The van der Waals surface area contributed by atoms with Gasteiger partial charge in [0, 0.05) is 11.5 Å². The zero-order chi connectivity index (χ0) is 12.6. The number of hydrogen-bond donors (Lipinski definition) is 2. The third kappa shape index (κ3) is 2.67. The first-order chi connectivity index (χ1) is 8.73. The van der Waals surface area contributed by atoms with E-state index in [0.29, 0.717) is 5.92 Å². The van der Waals surface area contributed by atoms with Gasteiger partial charge >= 0.3 is 0 Å². The number of rotatable bonds is 3. The summed E-state index contributed by atoms with van der Waals surface area (Å²) in [7, 11) is 0. The maximum Gasteiger partial charge on any atom is 0.167 e. The molecule has 3 N–H and O–H groups in total. The van der Waals surface area contributed by atoms with E-state index in [1.807, 2.05) is 24.3 Å². The van der Waals surface area contributed by atoms with Crippen LogP contribution in [0.4, 0.5) is 5.69 Å². The maximum atomic E-state index is 6.49. The molecule has 0 radical (unpaired) electrons. The smallest absolute Gasteiger partial charge is 0.167 e. The quantitative estimate of drug-likeness (QED) is 0.834. The number of benzene rings is 1. The molecule has 3 unspecified atom stereocenters. The van der Waals surface area contributed by atoms with Gasteiger partial charge in [0.25, 0.3) is 0 Å². The van der Waals surface area contributed by atoms with E-state index < -0.39 is 0 Å². The second-order valence-electron chi connectivity index (χ2n) is 5.33. The first-order valence-corrected chi connectivity index (χ1v) is 7.57. The zero-order valence-electron chi connectivity index (χ0n) is 11.1.